The van der Waals surface area contributed by atoms with Gasteiger partial charge in [0, 0.05) is 15.3 Å². The molecule has 1 rings (SSSR count). The number of hydrogen-bond acceptors (Lipinski definition) is 4. The number of ether oxygens (including phenoxy) is 2. The highest BCUT2D eigenvalue weighted by molar-refractivity contribution is 6.01. The Morgan fingerprint density at radius 3 is 2.35 bits per heavy atom. The average molecular weight is 285 g/mol. The van der Waals surface area contributed by atoms with Gasteiger partial charge in [0.15, 0.2) is 0 Å². The molecule has 1 aromatic rings. The first-order valence-corrected chi connectivity index (χ1v) is 5.89. The minimum Gasteiger partial charge on any atom is -0.467 e. The van der Waals surface area contributed by atoms with Crippen LogP contribution in [0, 0.1) is 13.7 Å². The Morgan fingerprint density at radius 2 is 1.90 bits per heavy atom. The Morgan fingerprint density at radius 1 is 1.30 bits per heavy atom. The summed E-state index contributed by atoms with van der Waals surface area (Å²) in [5.74, 6) is -1.60. The molecule has 20 heavy (non-hydrogen) atoms. The highest BCUT2D eigenvalue weighted by Crippen LogP contribution is 2.27. The van der Waals surface area contributed by atoms with Gasteiger partial charge in [-0.05, 0) is 31.8 Å². The monoisotopic (exact) mass is 285 g/mol. The van der Waals surface area contributed by atoms with Crippen LogP contribution in [0.25, 0.3) is 0 Å². The lowest BCUT2D eigenvalue weighted by molar-refractivity contribution is -0.143. The van der Waals surface area contributed by atoms with E-state index in [1.54, 1.807) is 0 Å². The molecule has 5 heteroatoms. The fraction of sp³-hybridized carbons (Fsp3) is 0.467. The molecular formula is C15H21NO4. The summed E-state index contributed by atoms with van der Waals surface area (Å²) >= 11 is 0. The van der Waals surface area contributed by atoms with E-state index in [9.17, 15) is 9.59 Å². The van der Waals surface area contributed by atoms with Crippen molar-refractivity contribution < 1.29 is 27.3 Å². The summed E-state index contributed by atoms with van der Waals surface area (Å²) in [5, 5.41) is 0. The summed E-state index contributed by atoms with van der Waals surface area (Å²) in [7, 11) is 2.36. The second-order valence-electron chi connectivity index (χ2n) is 4.10. The third-order valence-electron chi connectivity index (χ3n) is 2.74. The van der Waals surface area contributed by atoms with Crippen LogP contribution in [0.1, 0.15) is 26.3 Å². The standard InChI is InChI=1S/C15H21NO4/c1-10-7-6-8-11(2)14(10)16(13(17)9-19-4)12(3)15(18)20-5/h6-8,12H,9H2,1-5H3/i1D3,2D3. The largest absolute Gasteiger partial charge is 0.467 e. The van der Waals surface area contributed by atoms with Crippen molar-refractivity contribution >= 4 is 17.6 Å². The van der Waals surface area contributed by atoms with Crippen LogP contribution in [-0.2, 0) is 19.1 Å². The molecule has 1 atom stereocenters. The van der Waals surface area contributed by atoms with E-state index in [1.165, 1.54) is 32.2 Å². The molecule has 1 amide bonds. The first-order chi connectivity index (χ1) is 11.9. The molecule has 0 aliphatic rings. The molecule has 0 spiro atoms. The number of anilines is 1. The zero-order chi connectivity index (χ0) is 20.3. The molecular weight excluding hydrogens is 258 g/mol. The number of benzene rings is 1. The van der Waals surface area contributed by atoms with Crippen LogP contribution in [0.4, 0.5) is 5.69 Å². The fourth-order valence-electron chi connectivity index (χ4n) is 1.81. The highest BCUT2D eigenvalue weighted by Gasteiger charge is 2.29. The maximum absolute atomic E-state index is 12.6. The number of carbonyl (C=O) groups excluding carboxylic acids is 2. The first-order valence-electron chi connectivity index (χ1n) is 8.89. The summed E-state index contributed by atoms with van der Waals surface area (Å²) in [5.41, 5.74) is -1.06. The number of aryl methyl sites for hydroxylation is 2. The smallest absolute Gasteiger partial charge is 0.328 e. The van der Waals surface area contributed by atoms with E-state index in [-0.39, 0.29) is 16.8 Å². The van der Waals surface area contributed by atoms with Crippen molar-refractivity contribution in [3.8, 4) is 0 Å². The molecule has 0 aliphatic carbocycles. The van der Waals surface area contributed by atoms with Crippen LogP contribution < -0.4 is 4.90 Å². The molecule has 110 valence electrons. The quantitative estimate of drug-likeness (QED) is 0.775. The minimum absolute atomic E-state index is 0.354. The summed E-state index contributed by atoms with van der Waals surface area (Å²) in [6.45, 7) is -4.58. The van der Waals surface area contributed by atoms with Gasteiger partial charge in [0.05, 0.1) is 12.8 Å². The number of para-hydroxylation sites is 1. The average Bonchev–Trinajstić information content (AvgIpc) is 2.52. The molecule has 0 N–H and O–H groups in total. The molecule has 0 radical (unpaired) electrons. The fourth-order valence-corrected chi connectivity index (χ4v) is 1.81. The number of carbonyl (C=O) groups is 2. The summed E-state index contributed by atoms with van der Waals surface area (Å²) < 4.78 is 55.7. The third kappa shape index (κ3) is 3.36. The van der Waals surface area contributed by atoms with Crippen LogP contribution in [0.15, 0.2) is 18.2 Å². The number of esters is 1. The molecule has 0 aliphatic heterocycles. The van der Waals surface area contributed by atoms with Crippen molar-refractivity contribution in [2.24, 2.45) is 0 Å². The molecule has 5 nitrogen and oxygen atoms in total. The van der Waals surface area contributed by atoms with E-state index in [4.69, 9.17) is 13.0 Å². The molecule has 0 aromatic heterocycles. The maximum Gasteiger partial charge on any atom is 0.328 e. The van der Waals surface area contributed by atoms with Gasteiger partial charge in [0.25, 0.3) is 5.91 Å². The number of nitrogens with zero attached hydrogens (tertiary/aromatic N) is 1. The Balaban J connectivity index is 3.82. The van der Waals surface area contributed by atoms with Gasteiger partial charge in [-0.15, -0.1) is 0 Å². The topological polar surface area (TPSA) is 55.8 Å². The van der Waals surface area contributed by atoms with Crippen molar-refractivity contribution in [2.45, 2.75) is 26.7 Å². The lowest BCUT2D eigenvalue weighted by atomic mass is 10.1. The van der Waals surface area contributed by atoms with E-state index in [1.807, 2.05) is 0 Å². The zero-order valence-electron chi connectivity index (χ0n) is 17.6. The molecule has 0 saturated heterocycles. The Hall–Kier alpha value is -1.88. The molecule has 0 bridgehead atoms. The van der Waals surface area contributed by atoms with E-state index >= 15 is 0 Å². The zero-order valence-corrected chi connectivity index (χ0v) is 11.6. The highest BCUT2D eigenvalue weighted by atomic mass is 16.5. The number of methoxy groups -OCH3 is 2. The number of rotatable bonds is 5. The van der Waals surface area contributed by atoms with Gasteiger partial charge in [-0.25, -0.2) is 4.79 Å². The molecule has 0 fully saturated rings. The third-order valence-corrected chi connectivity index (χ3v) is 2.74. The van der Waals surface area contributed by atoms with Crippen LogP contribution in [-0.4, -0.2) is 38.7 Å². The van der Waals surface area contributed by atoms with Crippen molar-refractivity contribution in [3.05, 3.63) is 29.3 Å². The lowest BCUT2D eigenvalue weighted by Crippen LogP contribution is -2.46. The van der Waals surface area contributed by atoms with Crippen LogP contribution in [0.2, 0.25) is 0 Å². The first kappa shape index (κ1) is 9.13. The second kappa shape index (κ2) is 7.05. The van der Waals surface area contributed by atoms with E-state index in [0.29, 0.717) is 0 Å². The van der Waals surface area contributed by atoms with Crippen molar-refractivity contribution in [2.75, 3.05) is 25.7 Å². The predicted molar refractivity (Wildman–Crippen MR) is 76.8 cm³/mol. The van der Waals surface area contributed by atoms with Gasteiger partial charge in [-0.3, -0.25) is 9.69 Å². The van der Waals surface area contributed by atoms with Gasteiger partial charge in [-0.2, -0.15) is 0 Å². The van der Waals surface area contributed by atoms with Crippen molar-refractivity contribution in [1.29, 1.82) is 0 Å². The summed E-state index contributed by atoms with van der Waals surface area (Å²) in [6, 6.07) is 2.44. The molecule has 0 saturated carbocycles. The Labute approximate surface area is 127 Å². The molecule has 1 unspecified atom stereocenters. The molecule has 1 aromatic carbocycles. The number of amides is 1. The van der Waals surface area contributed by atoms with Crippen LogP contribution >= 0.6 is 0 Å². The normalized spacial score (nSPS) is 17.6. The van der Waals surface area contributed by atoms with Gasteiger partial charge < -0.3 is 9.47 Å². The second-order valence-corrected chi connectivity index (χ2v) is 4.10. The van der Waals surface area contributed by atoms with Crippen molar-refractivity contribution in [1.82, 2.24) is 0 Å². The lowest BCUT2D eigenvalue weighted by Gasteiger charge is -2.30. The predicted octanol–water partition coefficient (Wildman–Crippen LogP) is 1.84. The van der Waals surface area contributed by atoms with Gasteiger partial charge in [-0.1, -0.05) is 18.2 Å². The van der Waals surface area contributed by atoms with Gasteiger partial charge >= 0.3 is 5.97 Å². The number of hydrogen-bond donors (Lipinski definition) is 0. The summed E-state index contributed by atoms with van der Waals surface area (Å²) in [6.07, 6.45) is 0. The summed E-state index contributed by atoms with van der Waals surface area (Å²) in [4.78, 5) is 25.4. The maximum atomic E-state index is 12.6. The van der Waals surface area contributed by atoms with E-state index in [0.717, 1.165) is 12.0 Å². The van der Waals surface area contributed by atoms with E-state index < -0.39 is 38.2 Å². The van der Waals surface area contributed by atoms with Gasteiger partial charge in [0.2, 0.25) is 0 Å². The van der Waals surface area contributed by atoms with E-state index in [2.05, 4.69) is 4.74 Å². The Bertz CT molecular complexity index is 639. The van der Waals surface area contributed by atoms with Gasteiger partial charge in [0.1, 0.15) is 12.6 Å². The molecule has 0 heterocycles. The SMILES string of the molecule is [2H]C([2H])([2H])c1cccc(C([2H])([2H])[2H])c1N(C(=O)COC)C(C)C(=O)OC. The Kier molecular flexibility index (Phi) is 3.22. The van der Waals surface area contributed by atoms with Crippen molar-refractivity contribution in [3.63, 3.8) is 0 Å². The van der Waals surface area contributed by atoms with Crippen LogP contribution in [0.3, 0.4) is 0 Å². The minimum atomic E-state index is -2.71. The van der Waals surface area contributed by atoms with Crippen LogP contribution in [0.5, 0.6) is 0 Å².